The quantitative estimate of drug-likeness (QED) is 0.711. The second kappa shape index (κ2) is 6.96. The Balaban J connectivity index is 1.78. The Morgan fingerprint density at radius 2 is 1.85 bits per heavy atom. The van der Waals surface area contributed by atoms with E-state index in [-0.39, 0.29) is 17.5 Å². The predicted molar refractivity (Wildman–Crippen MR) is 87.7 cm³/mol. The van der Waals surface area contributed by atoms with Gasteiger partial charge in [0.05, 0.1) is 11.4 Å². The van der Waals surface area contributed by atoms with Crippen molar-refractivity contribution in [3.8, 4) is 0 Å². The number of benzene rings is 2. The first kappa shape index (κ1) is 18.2. The highest BCUT2D eigenvalue weighted by Gasteiger charge is 2.18. The fourth-order valence-corrected chi connectivity index (χ4v) is 3.25. The van der Waals surface area contributed by atoms with Crippen LogP contribution in [0.4, 0.5) is 19.1 Å². The number of hydrogen-bond acceptors (Lipinski definition) is 4. The molecule has 1 N–H and O–H groups in total. The number of anilines is 1. The smallest absolute Gasteiger partial charge is 0.246 e. The summed E-state index contributed by atoms with van der Waals surface area (Å²) in [7, 11) is -4.20. The third-order valence-electron chi connectivity index (χ3n) is 3.31. The maximum Gasteiger partial charge on any atom is 0.264 e. The zero-order valence-corrected chi connectivity index (χ0v) is 14.4. The average Bonchev–Trinajstić information content (AvgIpc) is 2.99. The van der Waals surface area contributed by atoms with Crippen molar-refractivity contribution in [2.24, 2.45) is 0 Å². The fourth-order valence-electron chi connectivity index (χ4n) is 2.07. The summed E-state index contributed by atoms with van der Waals surface area (Å²) < 4.78 is 66.9. The van der Waals surface area contributed by atoms with Crippen molar-refractivity contribution < 1.29 is 21.6 Å². The van der Waals surface area contributed by atoms with Crippen LogP contribution in [0.5, 0.6) is 0 Å². The molecule has 26 heavy (non-hydrogen) atoms. The molecule has 0 spiro atoms. The molecule has 0 saturated heterocycles. The van der Waals surface area contributed by atoms with Crippen LogP contribution in [0.2, 0.25) is 5.02 Å². The van der Waals surface area contributed by atoms with Gasteiger partial charge in [0, 0.05) is 5.02 Å². The highest BCUT2D eigenvalue weighted by Crippen LogP contribution is 2.19. The van der Waals surface area contributed by atoms with E-state index < -0.39 is 32.4 Å². The minimum atomic E-state index is -4.20. The van der Waals surface area contributed by atoms with Gasteiger partial charge < -0.3 is 0 Å². The molecule has 1 heterocycles. The molecule has 0 atom stereocenters. The number of rotatable bonds is 5. The molecular formula is C15H10ClF3N4O2S. The summed E-state index contributed by atoms with van der Waals surface area (Å²) >= 11 is 5.92. The van der Waals surface area contributed by atoms with E-state index in [9.17, 15) is 21.6 Å². The van der Waals surface area contributed by atoms with Gasteiger partial charge in [-0.3, -0.25) is 0 Å². The van der Waals surface area contributed by atoms with Crippen LogP contribution in [-0.4, -0.2) is 23.2 Å². The first-order valence-corrected chi connectivity index (χ1v) is 8.92. The van der Waals surface area contributed by atoms with Gasteiger partial charge in [0.25, 0.3) is 16.0 Å². The van der Waals surface area contributed by atoms with Crippen molar-refractivity contribution >= 4 is 27.6 Å². The van der Waals surface area contributed by atoms with Crippen LogP contribution in [-0.2, 0) is 16.6 Å². The minimum absolute atomic E-state index is 0.124. The van der Waals surface area contributed by atoms with Crippen molar-refractivity contribution in [3.63, 3.8) is 0 Å². The van der Waals surface area contributed by atoms with Gasteiger partial charge in [-0.1, -0.05) is 17.7 Å². The van der Waals surface area contributed by atoms with Gasteiger partial charge >= 0.3 is 0 Å². The normalized spacial score (nSPS) is 11.5. The lowest BCUT2D eigenvalue weighted by Crippen LogP contribution is -2.15. The molecule has 6 nitrogen and oxygen atoms in total. The zero-order chi connectivity index (χ0) is 18.9. The average molecular weight is 403 g/mol. The summed E-state index contributed by atoms with van der Waals surface area (Å²) in [5.74, 6) is -3.22. The van der Waals surface area contributed by atoms with E-state index in [0.717, 1.165) is 12.1 Å². The molecule has 3 rings (SSSR count). The van der Waals surface area contributed by atoms with E-state index in [4.69, 9.17) is 11.6 Å². The zero-order valence-electron chi connectivity index (χ0n) is 12.8. The fraction of sp³-hybridized carbons (Fsp3) is 0.0667. The monoisotopic (exact) mass is 402 g/mol. The molecule has 11 heteroatoms. The minimum Gasteiger partial charge on any atom is -0.246 e. The summed E-state index contributed by atoms with van der Waals surface area (Å²) in [5.41, 5.74) is 0.549. The predicted octanol–water partition coefficient (Wildman–Crippen LogP) is 3.20. The molecular weight excluding hydrogens is 393 g/mol. The lowest BCUT2D eigenvalue weighted by Gasteiger charge is -2.05. The van der Waals surface area contributed by atoms with Crippen molar-refractivity contribution in [2.45, 2.75) is 11.4 Å². The lowest BCUT2D eigenvalue weighted by atomic mass is 10.2. The van der Waals surface area contributed by atoms with Crippen LogP contribution in [0, 0.1) is 17.5 Å². The molecule has 2 aromatic carbocycles. The Morgan fingerprint density at radius 1 is 1.08 bits per heavy atom. The van der Waals surface area contributed by atoms with Crippen LogP contribution in [0.1, 0.15) is 5.56 Å². The highest BCUT2D eigenvalue weighted by molar-refractivity contribution is 7.92. The molecule has 3 aromatic rings. The highest BCUT2D eigenvalue weighted by atomic mass is 35.5. The van der Waals surface area contributed by atoms with Gasteiger partial charge in [0.1, 0.15) is 12.1 Å². The second-order valence-corrected chi connectivity index (χ2v) is 7.27. The number of aromatic nitrogens is 3. The van der Waals surface area contributed by atoms with Crippen molar-refractivity contribution in [2.75, 3.05) is 4.72 Å². The third kappa shape index (κ3) is 3.97. The molecule has 136 valence electrons. The summed E-state index contributed by atoms with van der Waals surface area (Å²) in [5, 5.41) is 4.10. The molecule has 0 unspecified atom stereocenters. The Bertz CT molecular complexity index is 1070. The maximum absolute atomic E-state index is 13.2. The third-order valence-corrected chi connectivity index (χ3v) is 4.99. The molecule has 0 amide bonds. The van der Waals surface area contributed by atoms with Crippen LogP contribution >= 0.6 is 11.6 Å². The van der Waals surface area contributed by atoms with Crippen molar-refractivity contribution in [3.05, 3.63) is 70.8 Å². The molecule has 0 saturated carbocycles. The van der Waals surface area contributed by atoms with E-state index in [2.05, 4.69) is 14.8 Å². The van der Waals surface area contributed by atoms with Gasteiger partial charge in [-0.15, -0.1) is 5.10 Å². The van der Waals surface area contributed by atoms with Gasteiger partial charge in [-0.05, 0) is 35.9 Å². The van der Waals surface area contributed by atoms with Crippen molar-refractivity contribution in [1.82, 2.24) is 14.8 Å². The first-order valence-electron chi connectivity index (χ1n) is 7.06. The topological polar surface area (TPSA) is 76.9 Å². The van der Waals surface area contributed by atoms with Crippen LogP contribution in [0.15, 0.2) is 47.6 Å². The van der Waals surface area contributed by atoms with E-state index in [0.29, 0.717) is 17.7 Å². The molecule has 0 fully saturated rings. The van der Waals surface area contributed by atoms with Gasteiger partial charge in [0.2, 0.25) is 0 Å². The summed E-state index contributed by atoms with van der Waals surface area (Å²) in [4.78, 5) is 3.31. The van der Waals surface area contributed by atoms with Crippen molar-refractivity contribution in [1.29, 1.82) is 0 Å². The standard InChI is InChI=1S/C15H10ClF3N4O2S/c16-12-5-10(17)2-1-9(12)7-23-8-20-15(21-23)22-26(24,25)11-3-4-13(18)14(19)6-11/h1-6,8H,7H2,(H,21,22). The largest absolute Gasteiger partial charge is 0.264 e. The SMILES string of the molecule is O=S(=O)(Nc1ncn(Cc2ccc(F)cc2Cl)n1)c1ccc(F)c(F)c1. The number of halogens is 4. The van der Waals surface area contributed by atoms with Gasteiger partial charge in [0.15, 0.2) is 11.6 Å². The number of nitrogens with zero attached hydrogens (tertiary/aromatic N) is 3. The molecule has 0 aliphatic heterocycles. The summed E-state index contributed by atoms with van der Waals surface area (Å²) in [6, 6.07) is 5.99. The van der Waals surface area contributed by atoms with E-state index in [1.54, 1.807) is 0 Å². The number of hydrogen-bond donors (Lipinski definition) is 1. The second-order valence-electron chi connectivity index (χ2n) is 5.18. The Morgan fingerprint density at radius 3 is 2.54 bits per heavy atom. The first-order chi connectivity index (χ1) is 12.2. The van der Waals surface area contributed by atoms with Crippen LogP contribution in [0.25, 0.3) is 0 Å². The molecule has 0 aliphatic carbocycles. The number of sulfonamides is 1. The van der Waals surface area contributed by atoms with E-state index in [1.165, 1.54) is 23.1 Å². The Kier molecular flexibility index (Phi) is 4.88. The maximum atomic E-state index is 13.2. The Labute approximate surface area is 151 Å². The van der Waals surface area contributed by atoms with E-state index in [1.807, 2.05) is 0 Å². The summed E-state index contributed by atoms with van der Waals surface area (Å²) in [6.07, 6.45) is 1.24. The van der Waals surface area contributed by atoms with Crippen LogP contribution < -0.4 is 4.72 Å². The Hall–Kier alpha value is -2.59. The lowest BCUT2D eigenvalue weighted by molar-refractivity contribution is 0.504. The molecule has 1 aromatic heterocycles. The molecule has 0 radical (unpaired) electrons. The van der Waals surface area contributed by atoms with Crippen LogP contribution in [0.3, 0.4) is 0 Å². The van der Waals surface area contributed by atoms with Gasteiger partial charge in [-0.2, -0.15) is 4.98 Å². The molecule has 0 aliphatic rings. The summed E-state index contributed by atoms with van der Waals surface area (Å²) in [6.45, 7) is 0.124. The number of nitrogens with one attached hydrogen (secondary N) is 1. The van der Waals surface area contributed by atoms with E-state index >= 15 is 0 Å². The molecule has 0 bridgehead atoms. The van der Waals surface area contributed by atoms with Gasteiger partial charge in [-0.25, -0.2) is 31.0 Å².